The summed E-state index contributed by atoms with van der Waals surface area (Å²) in [6, 6.07) is 21.8. The molecule has 2 N–H and O–H groups in total. The van der Waals surface area contributed by atoms with Crippen LogP contribution in [-0.2, 0) is 0 Å². The maximum Gasteiger partial charge on any atom is 0.230 e. The Morgan fingerprint density at radius 3 is 1.37 bits per heavy atom. The van der Waals surface area contributed by atoms with Gasteiger partial charge in [0.05, 0.1) is 23.5 Å². The van der Waals surface area contributed by atoms with Crippen LogP contribution in [0, 0.1) is 0 Å². The van der Waals surface area contributed by atoms with Gasteiger partial charge in [0.25, 0.3) is 0 Å². The second-order valence-electron chi connectivity index (χ2n) is 6.68. The number of aromatic nitrogens is 2. The minimum Gasteiger partial charge on any atom is -0.507 e. The Kier molecular flexibility index (Phi) is 4.29. The average molecular weight is 396 g/mol. The Balaban J connectivity index is 1.49. The fourth-order valence-corrected chi connectivity index (χ4v) is 3.19. The monoisotopic (exact) mass is 396 g/mol. The van der Waals surface area contributed by atoms with Gasteiger partial charge in [0, 0.05) is 11.1 Å². The largest absolute Gasteiger partial charge is 0.507 e. The fraction of sp³-hybridized carbons (Fsp3) is 0. The predicted octanol–water partition coefficient (Wildman–Crippen LogP) is 5.74. The minimum atomic E-state index is -0.108. The number of rotatable bonds is 4. The molecule has 0 aliphatic heterocycles. The van der Waals surface area contributed by atoms with Gasteiger partial charge in [-0.1, -0.05) is 60.7 Å². The lowest BCUT2D eigenvalue weighted by Gasteiger charge is -2.06. The molecule has 5 rings (SSSR count). The van der Waals surface area contributed by atoms with Crippen molar-refractivity contribution in [2.45, 2.75) is 0 Å². The first-order valence-corrected chi connectivity index (χ1v) is 9.28. The van der Waals surface area contributed by atoms with E-state index >= 15 is 0 Å². The molecule has 0 atom stereocenters. The van der Waals surface area contributed by atoms with Crippen LogP contribution in [-0.4, -0.2) is 20.2 Å². The first kappa shape index (κ1) is 17.8. The van der Waals surface area contributed by atoms with Gasteiger partial charge in [0.1, 0.15) is 11.5 Å². The van der Waals surface area contributed by atoms with E-state index in [0.717, 1.165) is 11.1 Å². The zero-order valence-electron chi connectivity index (χ0n) is 15.7. The molecule has 30 heavy (non-hydrogen) atoms. The third kappa shape index (κ3) is 3.20. The van der Waals surface area contributed by atoms with Gasteiger partial charge in [0.2, 0.25) is 11.8 Å². The van der Waals surface area contributed by atoms with Crippen LogP contribution in [0.5, 0.6) is 11.5 Å². The van der Waals surface area contributed by atoms with E-state index in [1.165, 1.54) is 12.1 Å². The van der Waals surface area contributed by atoms with Gasteiger partial charge in [-0.25, -0.2) is 9.97 Å². The van der Waals surface area contributed by atoms with Crippen molar-refractivity contribution in [1.29, 1.82) is 0 Å². The van der Waals surface area contributed by atoms with Crippen molar-refractivity contribution in [3.8, 4) is 57.1 Å². The Morgan fingerprint density at radius 1 is 0.567 bits per heavy atom. The lowest BCUT2D eigenvalue weighted by atomic mass is 10.1. The van der Waals surface area contributed by atoms with Crippen molar-refractivity contribution in [3.05, 3.63) is 85.2 Å². The zero-order valence-corrected chi connectivity index (χ0v) is 15.7. The molecule has 146 valence electrons. The third-order valence-electron chi connectivity index (χ3n) is 4.70. The molecule has 0 spiro atoms. The van der Waals surface area contributed by atoms with Gasteiger partial charge in [-0.3, -0.25) is 0 Å². The predicted molar refractivity (Wildman–Crippen MR) is 112 cm³/mol. The maximum atomic E-state index is 10.6. The average Bonchev–Trinajstić information content (AvgIpc) is 3.47. The highest BCUT2D eigenvalue weighted by Crippen LogP contribution is 2.40. The molecule has 0 bridgehead atoms. The van der Waals surface area contributed by atoms with Crippen molar-refractivity contribution in [3.63, 3.8) is 0 Å². The molecule has 6 nitrogen and oxygen atoms in total. The van der Waals surface area contributed by atoms with Gasteiger partial charge in [-0.2, -0.15) is 0 Å². The van der Waals surface area contributed by atoms with Crippen LogP contribution in [0.4, 0.5) is 0 Å². The van der Waals surface area contributed by atoms with E-state index in [9.17, 15) is 10.2 Å². The number of nitrogens with zero attached hydrogens (tertiary/aromatic N) is 2. The number of hydrogen-bond donors (Lipinski definition) is 2. The smallest absolute Gasteiger partial charge is 0.230 e. The summed E-state index contributed by atoms with van der Waals surface area (Å²) in [6.45, 7) is 0. The molecule has 0 saturated heterocycles. The summed E-state index contributed by atoms with van der Waals surface area (Å²) >= 11 is 0. The molecular weight excluding hydrogens is 380 g/mol. The summed E-state index contributed by atoms with van der Waals surface area (Å²) in [5.74, 6) is 1.31. The minimum absolute atomic E-state index is 0.108. The molecule has 6 heteroatoms. The maximum absolute atomic E-state index is 10.6. The number of phenols is 2. The molecule has 0 saturated carbocycles. The van der Waals surface area contributed by atoms with Crippen LogP contribution in [0.1, 0.15) is 0 Å². The van der Waals surface area contributed by atoms with E-state index in [1.54, 1.807) is 12.4 Å². The number of hydrogen-bond acceptors (Lipinski definition) is 6. The summed E-state index contributed by atoms with van der Waals surface area (Å²) < 4.78 is 11.6. The van der Waals surface area contributed by atoms with Crippen molar-refractivity contribution >= 4 is 0 Å². The summed E-state index contributed by atoms with van der Waals surface area (Å²) in [5.41, 5.74) is 2.27. The summed E-state index contributed by atoms with van der Waals surface area (Å²) in [7, 11) is 0. The van der Waals surface area contributed by atoms with Crippen LogP contribution >= 0.6 is 0 Å². The molecule has 0 aliphatic rings. The van der Waals surface area contributed by atoms with E-state index in [0.29, 0.717) is 11.5 Å². The Bertz CT molecular complexity index is 1200. The topological polar surface area (TPSA) is 92.5 Å². The molecule has 5 aromatic rings. The highest BCUT2D eigenvalue weighted by atomic mass is 16.4. The SMILES string of the molecule is Oc1cc(-c2ncc(-c3ccccc3)o2)c(O)cc1-c1ncc(-c2ccccc2)o1. The molecule has 0 fully saturated rings. The first-order chi connectivity index (χ1) is 14.7. The molecule has 0 radical (unpaired) electrons. The van der Waals surface area contributed by atoms with E-state index in [1.807, 2.05) is 60.7 Å². The number of phenolic OH excluding ortho intramolecular Hbond substituents is 2. The standard InChI is InChI=1S/C24H16N2O4/c27-19-12-18(24-26-14-22(30-24)16-9-5-2-6-10-16)20(28)11-17(19)23-25-13-21(29-23)15-7-3-1-4-8-15/h1-14,27-28H. The molecule has 2 heterocycles. The van der Waals surface area contributed by atoms with E-state index < -0.39 is 0 Å². The van der Waals surface area contributed by atoms with Crippen LogP contribution in [0.3, 0.4) is 0 Å². The Morgan fingerprint density at radius 2 is 0.967 bits per heavy atom. The highest BCUT2D eigenvalue weighted by molar-refractivity contribution is 5.76. The van der Waals surface area contributed by atoms with E-state index in [-0.39, 0.29) is 34.4 Å². The summed E-state index contributed by atoms with van der Waals surface area (Å²) in [4.78, 5) is 8.47. The molecule has 0 unspecified atom stereocenters. The Hall–Kier alpha value is -4.32. The van der Waals surface area contributed by atoms with Crippen molar-refractivity contribution in [2.24, 2.45) is 0 Å². The lowest BCUT2D eigenvalue weighted by molar-refractivity contribution is 0.457. The van der Waals surface area contributed by atoms with Crippen LogP contribution in [0.15, 0.2) is 94.0 Å². The van der Waals surface area contributed by atoms with Gasteiger partial charge >= 0.3 is 0 Å². The van der Waals surface area contributed by atoms with Gasteiger partial charge < -0.3 is 19.0 Å². The molecule has 0 aliphatic carbocycles. The van der Waals surface area contributed by atoms with Crippen molar-refractivity contribution < 1.29 is 19.0 Å². The number of benzene rings is 3. The van der Waals surface area contributed by atoms with E-state index in [2.05, 4.69) is 9.97 Å². The molecule has 3 aromatic carbocycles. The molecule has 0 amide bonds. The first-order valence-electron chi connectivity index (χ1n) is 9.28. The quantitative estimate of drug-likeness (QED) is 0.376. The summed E-state index contributed by atoms with van der Waals surface area (Å²) in [5, 5.41) is 21.1. The van der Waals surface area contributed by atoms with E-state index in [4.69, 9.17) is 8.83 Å². The second-order valence-corrected chi connectivity index (χ2v) is 6.68. The fourth-order valence-electron chi connectivity index (χ4n) is 3.19. The van der Waals surface area contributed by atoms with Crippen molar-refractivity contribution in [2.75, 3.05) is 0 Å². The highest BCUT2D eigenvalue weighted by Gasteiger charge is 2.19. The van der Waals surface area contributed by atoms with Crippen LogP contribution in [0.2, 0.25) is 0 Å². The van der Waals surface area contributed by atoms with Gasteiger partial charge in [-0.05, 0) is 12.1 Å². The lowest BCUT2D eigenvalue weighted by Crippen LogP contribution is -1.84. The summed E-state index contributed by atoms with van der Waals surface area (Å²) in [6.07, 6.45) is 3.16. The zero-order chi connectivity index (χ0) is 20.5. The number of aromatic hydroxyl groups is 2. The normalized spacial score (nSPS) is 10.9. The second kappa shape index (κ2) is 7.25. The third-order valence-corrected chi connectivity index (χ3v) is 4.70. The van der Waals surface area contributed by atoms with Gasteiger partial charge in [0.15, 0.2) is 11.5 Å². The molecule has 2 aromatic heterocycles. The van der Waals surface area contributed by atoms with Crippen LogP contribution < -0.4 is 0 Å². The van der Waals surface area contributed by atoms with Crippen LogP contribution in [0.25, 0.3) is 45.6 Å². The number of oxazole rings is 2. The Labute approximate surface area is 171 Å². The molecular formula is C24H16N2O4. The van der Waals surface area contributed by atoms with Crippen molar-refractivity contribution in [1.82, 2.24) is 9.97 Å². The van der Waals surface area contributed by atoms with Gasteiger partial charge in [-0.15, -0.1) is 0 Å².